The first-order chi connectivity index (χ1) is 15.4. The summed E-state index contributed by atoms with van der Waals surface area (Å²) in [6, 6.07) is 9.21. The van der Waals surface area contributed by atoms with E-state index < -0.39 is 11.5 Å². The summed E-state index contributed by atoms with van der Waals surface area (Å²) in [6.45, 7) is 3.97. The second-order valence-electron chi connectivity index (χ2n) is 8.81. The van der Waals surface area contributed by atoms with Crippen molar-refractivity contribution < 1.29 is 19.1 Å². The second-order valence-corrected chi connectivity index (χ2v) is 8.81. The highest BCUT2D eigenvalue weighted by atomic mass is 16.5. The summed E-state index contributed by atoms with van der Waals surface area (Å²) < 4.78 is 6.22. The van der Waals surface area contributed by atoms with Crippen LogP contribution in [0, 0.1) is 0 Å². The summed E-state index contributed by atoms with van der Waals surface area (Å²) in [4.78, 5) is 40.8. The number of carbonyl (C=O) groups excluding carboxylic acids is 3. The molecule has 1 aromatic heterocycles. The summed E-state index contributed by atoms with van der Waals surface area (Å²) in [5.74, 6) is -1.20. The number of carbonyl (C=O) groups is 3. The Hall–Kier alpha value is -3.16. The Kier molecular flexibility index (Phi) is 6.04. The van der Waals surface area contributed by atoms with Gasteiger partial charge in [0.25, 0.3) is 5.91 Å². The van der Waals surface area contributed by atoms with E-state index in [-0.39, 0.29) is 35.8 Å². The van der Waals surface area contributed by atoms with Gasteiger partial charge in [-0.1, -0.05) is 38.3 Å². The number of ether oxygens (including phenoxy) is 1. The lowest BCUT2D eigenvalue weighted by molar-refractivity contribution is -0.127. The highest BCUT2D eigenvalue weighted by Gasteiger charge is 2.49. The van der Waals surface area contributed by atoms with Crippen LogP contribution in [0.15, 0.2) is 30.3 Å². The predicted octanol–water partition coefficient (Wildman–Crippen LogP) is 3.10. The number of hydrogen-bond donors (Lipinski definition) is 1. The Morgan fingerprint density at radius 2 is 1.88 bits per heavy atom. The third-order valence-electron chi connectivity index (χ3n) is 6.58. The molecule has 2 amide bonds. The van der Waals surface area contributed by atoms with E-state index in [2.05, 4.69) is 17.3 Å². The number of nitrogens with one attached hydrogen (secondary N) is 1. The number of aryl methyl sites for hydroxylation is 1. The van der Waals surface area contributed by atoms with Crippen LogP contribution in [0.2, 0.25) is 0 Å². The number of aromatic nitrogens is 2. The number of fused-ring (bicyclic) bond motifs is 1. The molecule has 8 heteroatoms. The van der Waals surface area contributed by atoms with E-state index in [0.717, 1.165) is 37.7 Å². The molecule has 2 aliphatic rings. The van der Waals surface area contributed by atoms with Gasteiger partial charge in [0.2, 0.25) is 5.91 Å². The first-order valence-corrected chi connectivity index (χ1v) is 11.3. The van der Waals surface area contributed by atoms with Gasteiger partial charge in [-0.05, 0) is 43.9 Å². The van der Waals surface area contributed by atoms with Crippen LogP contribution in [-0.4, -0.2) is 46.3 Å². The topological polar surface area (TPSA) is 93.5 Å². The number of methoxy groups -OCH3 is 1. The van der Waals surface area contributed by atoms with Gasteiger partial charge in [-0.2, -0.15) is 5.10 Å². The molecule has 4 rings (SSSR count). The Morgan fingerprint density at radius 3 is 2.50 bits per heavy atom. The van der Waals surface area contributed by atoms with Crippen molar-refractivity contribution in [3.8, 4) is 0 Å². The van der Waals surface area contributed by atoms with Gasteiger partial charge >= 0.3 is 5.97 Å². The van der Waals surface area contributed by atoms with Crippen LogP contribution in [0.1, 0.15) is 72.5 Å². The van der Waals surface area contributed by atoms with Gasteiger partial charge in [0.1, 0.15) is 11.2 Å². The van der Waals surface area contributed by atoms with E-state index >= 15 is 0 Å². The fraction of sp³-hybridized carbons (Fsp3) is 0.500. The molecular formula is C24H30N4O4. The zero-order valence-corrected chi connectivity index (χ0v) is 18.9. The quantitative estimate of drug-likeness (QED) is 0.724. The highest BCUT2D eigenvalue weighted by Crippen LogP contribution is 2.33. The average molecular weight is 439 g/mol. The van der Waals surface area contributed by atoms with Crippen LogP contribution in [0.3, 0.4) is 0 Å². The van der Waals surface area contributed by atoms with E-state index in [1.54, 1.807) is 11.8 Å². The molecule has 1 aromatic carbocycles. The maximum absolute atomic E-state index is 13.6. The third kappa shape index (κ3) is 3.89. The first kappa shape index (κ1) is 22.0. The minimum Gasteiger partial charge on any atom is -0.464 e. The molecule has 0 bridgehead atoms. The summed E-state index contributed by atoms with van der Waals surface area (Å²) in [5.41, 5.74) is 0.890. The molecule has 0 saturated heterocycles. The van der Waals surface area contributed by atoms with Crippen LogP contribution in [-0.2, 0) is 22.5 Å². The number of anilines is 1. The minimum absolute atomic E-state index is 0.0501. The summed E-state index contributed by atoms with van der Waals surface area (Å²) in [6.07, 6.45) is 6.14. The maximum Gasteiger partial charge on any atom is 0.358 e. The Balaban J connectivity index is 1.74. The molecule has 0 radical (unpaired) electrons. The van der Waals surface area contributed by atoms with Gasteiger partial charge in [-0.3, -0.25) is 19.2 Å². The molecule has 1 aliphatic carbocycles. The van der Waals surface area contributed by atoms with Crippen molar-refractivity contribution in [2.24, 2.45) is 0 Å². The molecule has 32 heavy (non-hydrogen) atoms. The van der Waals surface area contributed by atoms with Crippen LogP contribution in [0.25, 0.3) is 0 Å². The summed E-state index contributed by atoms with van der Waals surface area (Å²) >= 11 is 0. The Morgan fingerprint density at radius 1 is 1.19 bits per heavy atom. The minimum atomic E-state index is -1.20. The van der Waals surface area contributed by atoms with Crippen LogP contribution in [0.4, 0.5) is 5.69 Å². The highest BCUT2D eigenvalue weighted by molar-refractivity contribution is 6.12. The zero-order valence-electron chi connectivity index (χ0n) is 18.9. The summed E-state index contributed by atoms with van der Waals surface area (Å²) in [7, 11) is 1.27. The molecule has 1 atom stereocenters. The molecule has 8 nitrogen and oxygen atoms in total. The van der Waals surface area contributed by atoms with Gasteiger partial charge in [0.15, 0.2) is 5.69 Å². The standard InChI is InChI=1S/C24H30N4O4/c1-4-16-10-12-18(13-11-16)28-21(29)20-14-19(22(30)32-3)26-27(20)15-24(28,2)23(31)25-17-8-6-5-7-9-17/h10-14,17H,4-9,15H2,1-3H3,(H,25,31). The van der Waals surface area contributed by atoms with Gasteiger partial charge in [0.05, 0.1) is 13.7 Å². The molecule has 2 heterocycles. The van der Waals surface area contributed by atoms with Crippen molar-refractivity contribution >= 4 is 23.5 Å². The SMILES string of the molecule is CCc1ccc(N2C(=O)c3cc(C(=O)OC)nn3CC2(C)C(=O)NC2CCCCC2)cc1. The summed E-state index contributed by atoms with van der Waals surface area (Å²) in [5, 5.41) is 7.44. The van der Waals surface area contributed by atoms with Crippen LogP contribution >= 0.6 is 0 Å². The van der Waals surface area contributed by atoms with Crippen molar-refractivity contribution in [3.05, 3.63) is 47.3 Å². The lowest BCUT2D eigenvalue weighted by atomic mass is 9.91. The molecule has 1 fully saturated rings. The molecule has 170 valence electrons. The zero-order chi connectivity index (χ0) is 22.9. The normalized spacial score (nSPS) is 21.2. The monoisotopic (exact) mass is 438 g/mol. The van der Waals surface area contributed by atoms with E-state index in [9.17, 15) is 14.4 Å². The number of esters is 1. The number of amides is 2. The number of benzene rings is 1. The predicted molar refractivity (Wildman–Crippen MR) is 120 cm³/mol. The molecule has 1 unspecified atom stereocenters. The van der Waals surface area contributed by atoms with Gasteiger partial charge in [-0.25, -0.2) is 4.79 Å². The second kappa shape index (κ2) is 8.76. The number of hydrogen-bond acceptors (Lipinski definition) is 5. The lowest BCUT2D eigenvalue weighted by Crippen LogP contribution is -2.65. The van der Waals surface area contributed by atoms with Gasteiger partial charge in [0, 0.05) is 17.8 Å². The van der Waals surface area contributed by atoms with Crippen LogP contribution < -0.4 is 10.2 Å². The van der Waals surface area contributed by atoms with Crippen molar-refractivity contribution in [1.82, 2.24) is 15.1 Å². The Bertz CT molecular complexity index is 1020. The third-order valence-corrected chi connectivity index (χ3v) is 6.58. The molecule has 1 N–H and O–H groups in total. The van der Waals surface area contributed by atoms with E-state index in [1.807, 2.05) is 24.3 Å². The molecule has 2 aromatic rings. The molecule has 1 saturated carbocycles. The molecule has 1 aliphatic heterocycles. The Labute approximate surface area is 187 Å². The van der Waals surface area contributed by atoms with Gasteiger partial charge < -0.3 is 10.1 Å². The van der Waals surface area contributed by atoms with Crippen LogP contribution in [0.5, 0.6) is 0 Å². The average Bonchev–Trinajstić information content (AvgIpc) is 3.23. The van der Waals surface area contributed by atoms with Crippen molar-refractivity contribution in [3.63, 3.8) is 0 Å². The van der Waals surface area contributed by atoms with Crippen molar-refractivity contribution in [2.75, 3.05) is 12.0 Å². The number of rotatable bonds is 5. The molecular weight excluding hydrogens is 408 g/mol. The molecule has 0 spiro atoms. The fourth-order valence-electron chi connectivity index (χ4n) is 4.66. The largest absolute Gasteiger partial charge is 0.464 e. The first-order valence-electron chi connectivity index (χ1n) is 11.3. The number of nitrogens with zero attached hydrogens (tertiary/aromatic N) is 3. The smallest absolute Gasteiger partial charge is 0.358 e. The van der Waals surface area contributed by atoms with E-state index in [1.165, 1.54) is 24.3 Å². The van der Waals surface area contributed by atoms with Gasteiger partial charge in [-0.15, -0.1) is 0 Å². The van der Waals surface area contributed by atoms with Crippen molar-refractivity contribution in [2.45, 2.75) is 70.5 Å². The van der Waals surface area contributed by atoms with Crippen molar-refractivity contribution in [1.29, 1.82) is 0 Å². The van der Waals surface area contributed by atoms with E-state index in [0.29, 0.717) is 5.69 Å². The fourth-order valence-corrected chi connectivity index (χ4v) is 4.66. The maximum atomic E-state index is 13.6. The van der Waals surface area contributed by atoms with E-state index in [4.69, 9.17) is 4.74 Å². The lowest BCUT2D eigenvalue weighted by Gasteiger charge is -2.44.